The molecule has 0 saturated heterocycles. The first-order chi connectivity index (χ1) is 12.4. The fraction of sp³-hybridized carbons (Fsp3) is 0.167. The molecule has 0 radical (unpaired) electrons. The number of fused-ring (bicyclic) bond motifs is 1. The highest BCUT2D eigenvalue weighted by atomic mass is 32.2. The van der Waals surface area contributed by atoms with Crippen molar-refractivity contribution in [2.45, 2.75) is 24.3 Å². The lowest BCUT2D eigenvalue weighted by Gasteiger charge is -2.10. The lowest BCUT2D eigenvalue weighted by atomic mass is 10.1. The Morgan fingerprint density at radius 2 is 1.73 bits per heavy atom. The first-order valence-corrected chi connectivity index (χ1v) is 9.54. The van der Waals surface area contributed by atoms with Gasteiger partial charge in [-0.3, -0.25) is 4.72 Å². The van der Waals surface area contributed by atoms with E-state index >= 15 is 0 Å². The second kappa shape index (κ2) is 6.21. The van der Waals surface area contributed by atoms with Crippen molar-refractivity contribution >= 4 is 15.7 Å². The molecule has 3 aromatic rings. The fourth-order valence-electron chi connectivity index (χ4n) is 3.10. The Balaban J connectivity index is 1.59. The average Bonchev–Trinajstić information content (AvgIpc) is 3.18. The van der Waals surface area contributed by atoms with Gasteiger partial charge in [-0.25, -0.2) is 22.2 Å². The predicted octanol–water partition coefficient (Wildman–Crippen LogP) is 3.58. The summed E-state index contributed by atoms with van der Waals surface area (Å²) in [7, 11) is -4.08. The van der Waals surface area contributed by atoms with Crippen LogP contribution in [-0.4, -0.2) is 18.0 Å². The van der Waals surface area contributed by atoms with Gasteiger partial charge in [0.25, 0.3) is 10.0 Å². The van der Waals surface area contributed by atoms with Crippen molar-refractivity contribution in [1.29, 1.82) is 0 Å². The number of aromatic nitrogens is 2. The summed E-state index contributed by atoms with van der Waals surface area (Å²) in [4.78, 5) is 3.93. The van der Waals surface area contributed by atoms with Gasteiger partial charge in [0.2, 0.25) is 0 Å². The maximum absolute atomic E-state index is 13.3. The molecule has 4 rings (SSSR count). The number of hydrogen-bond acceptors (Lipinski definition) is 3. The van der Waals surface area contributed by atoms with Crippen LogP contribution in [-0.2, 0) is 23.0 Å². The Hall–Kier alpha value is -2.74. The van der Waals surface area contributed by atoms with Crippen molar-refractivity contribution in [2.75, 3.05) is 4.72 Å². The molecule has 0 unspecified atom stereocenters. The molecule has 8 heteroatoms. The number of nitrogens with zero attached hydrogens (tertiary/aromatic N) is 2. The van der Waals surface area contributed by atoms with Gasteiger partial charge in [0.05, 0.1) is 16.8 Å². The van der Waals surface area contributed by atoms with Gasteiger partial charge in [-0.05, 0) is 36.2 Å². The standard InChI is InChI=1S/C18H15F2N3O2S/c19-13-8-14(20)10-16(9-13)26(24,25)22-15-5-3-12(4-6-15)17-11-21-18-2-1-7-23(17)18/h3-6,8-11,22H,1-2,7H2. The van der Waals surface area contributed by atoms with Crippen LogP contribution in [0.1, 0.15) is 12.2 Å². The van der Waals surface area contributed by atoms with Crippen molar-refractivity contribution < 1.29 is 17.2 Å². The quantitative estimate of drug-likeness (QED) is 0.758. The number of sulfonamides is 1. The molecule has 5 nitrogen and oxygen atoms in total. The summed E-state index contributed by atoms with van der Waals surface area (Å²) in [5.41, 5.74) is 2.21. The summed E-state index contributed by atoms with van der Waals surface area (Å²) in [6.45, 7) is 0.921. The van der Waals surface area contributed by atoms with Crippen LogP contribution in [0.5, 0.6) is 0 Å². The van der Waals surface area contributed by atoms with Gasteiger partial charge in [0.15, 0.2) is 0 Å². The highest BCUT2D eigenvalue weighted by Gasteiger charge is 2.18. The Morgan fingerprint density at radius 3 is 2.42 bits per heavy atom. The summed E-state index contributed by atoms with van der Waals surface area (Å²) in [5, 5.41) is 0. The maximum Gasteiger partial charge on any atom is 0.262 e. The van der Waals surface area contributed by atoms with E-state index in [2.05, 4.69) is 14.3 Å². The summed E-state index contributed by atoms with van der Waals surface area (Å²) in [6, 6.07) is 8.96. The van der Waals surface area contributed by atoms with E-state index in [-0.39, 0.29) is 0 Å². The van der Waals surface area contributed by atoms with E-state index in [0.717, 1.165) is 48.6 Å². The molecular weight excluding hydrogens is 360 g/mol. The molecule has 1 aliphatic rings. The molecule has 26 heavy (non-hydrogen) atoms. The molecule has 1 aromatic heterocycles. The van der Waals surface area contributed by atoms with E-state index in [4.69, 9.17) is 0 Å². The topological polar surface area (TPSA) is 64.0 Å². The van der Waals surface area contributed by atoms with Gasteiger partial charge in [0.1, 0.15) is 17.5 Å². The minimum Gasteiger partial charge on any atom is -0.328 e. The van der Waals surface area contributed by atoms with Crippen molar-refractivity contribution in [3.8, 4) is 11.3 Å². The second-order valence-corrected chi connectivity index (χ2v) is 7.79. The number of imidazole rings is 1. The molecule has 1 N–H and O–H groups in total. The first-order valence-electron chi connectivity index (χ1n) is 8.06. The smallest absolute Gasteiger partial charge is 0.262 e. The number of halogens is 2. The van der Waals surface area contributed by atoms with Gasteiger partial charge in [-0.1, -0.05) is 12.1 Å². The number of nitrogens with one attached hydrogen (secondary N) is 1. The fourth-order valence-corrected chi connectivity index (χ4v) is 4.20. The molecule has 2 aromatic carbocycles. The number of aryl methyl sites for hydroxylation is 1. The Kier molecular flexibility index (Phi) is 3.99. The lowest BCUT2D eigenvalue weighted by molar-refractivity contribution is 0.568. The van der Waals surface area contributed by atoms with Crippen LogP contribution in [0, 0.1) is 11.6 Å². The van der Waals surface area contributed by atoms with Crippen molar-refractivity contribution in [3.05, 3.63) is 66.1 Å². The third-order valence-electron chi connectivity index (χ3n) is 4.30. The minimum absolute atomic E-state index is 0.305. The van der Waals surface area contributed by atoms with Crippen LogP contribution in [0.4, 0.5) is 14.5 Å². The highest BCUT2D eigenvalue weighted by Crippen LogP contribution is 2.27. The molecule has 134 valence electrons. The van der Waals surface area contributed by atoms with Gasteiger partial charge in [0, 0.05) is 24.7 Å². The van der Waals surface area contributed by atoms with Crippen LogP contribution in [0.2, 0.25) is 0 Å². The summed E-state index contributed by atoms with van der Waals surface area (Å²) in [5.74, 6) is -0.844. The summed E-state index contributed by atoms with van der Waals surface area (Å²) in [6.07, 6.45) is 3.84. The molecular formula is C18H15F2N3O2S. The number of hydrogen-bond donors (Lipinski definition) is 1. The first kappa shape index (κ1) is 16.7. The molecule has 2 heterocycles. The zero-order valence-corrected chi connectivity index (χ0v) is 14.4. The van der Waals surface area contributed by atoms with Crippen LogP contribution in [0.3, 0.4) is 0 Å². The second-order valence-electron chi connectivity index (χ2n) is 6.10. The monoisotopic (exact) mass is 375 g/mol. The predicted molar refractivity (Wildman–Crippen MR) is 93.2 cm³/mol. The Morgan fingerprint density at radius 1 is 1.04 bits per heavy atom. The van der Waals surface area contributed by atoms with E-state index in [1.807, 2.05) is 6.20 Å². The van der Waals surface area contributed by atoms with Crippen LogP contribution in [0.15, 0.2) is 53.6 Å². The molecule has 0 spiro atoms. The van der Waals surface area contributed by atoms with Gasteiger partial charge < -0.3 is 4.57 Å². The number of benzene rings is 2. The molecule has 0 fully saturated rings. The van der Waals surface area contributed by atoms with E-state index in [9.17, 15) is 17.2 Å². The summed E-state index contributed by atoms with van der Waals surface area (Å²) >= 11 is 0. The SMILES string of the molecule is O=S(=O)(Nc1ccc(-c2cnc3n2CCC3)cc1)c1cc(F)cc(F)c1. The van der Waals surface area contributed by atoms with Gasteiger partial charge >= 0.3 is 0 Å². The Labute approximate surface area is 149 Å². The van der Waals surface area contributed by atoms with E-state index in [1.165, 1.54) is 0 Å². The zero-order chi connectivity index (χ0) is 18.3. The number of anilines is 1. The average molecular weight is 375 g/mol. The third-order valence-corrected chi connectivity index (χ3v) is 5.66. The summed E-state index contributed by atoms with van der Waals surface area (Å²) < 4.78 is 55.7. The normalized spacial score (nSPS) is 13.6. The Bertz CT molecular complexity index is 1060. The van der Waals surface area contributed by atoms with Crippen LogP contribution < -0.4 is 4.72 Å². The van der Waals surface area contributed by atoms with E-state index < -0.39 is 26.6 Å². The van der Waals surface area contributed by atoms with Crippen LogP contribution in [0.25, 0.3) is 11.3 Å². The molecule has 0 saturated carbocycles. The molecule has 0 amide bonds. The highest BCUT2D eigenvalue weighted by molar-refractivity contribution is 7.92. The number of rotatable bonds is 4. The largest absolute Gasteiger partial charge is 0.328 e. The molecule has 0 aliphatic carbocycles. The van der Waals surface area contributed by atoms with Gasteiger partial charge in [-0.2, -0.15) is 0 Å². The van der Waals surface area contributed by atoms with E-state index in [0.29, 0.717) is 11.8 Å². The van der Waals surface area contributed by atoms with E-state index in [1.54, 1.807) is 24.3 Å². The van der Waals surface area contributed by atoms with Crippen molar-refractivity contribution in [2.24, 2.45) is 0 Å². The molecule has 0 atom stereocenters. The van der Waals surface area contributed by atoms with Crippen LogP contribution >= 0.6 is 0 Å². The molecule has 1 aliphatic heterocycles. The molecule has 0 bridgehead atoms. The zero-order valence-electron chi connectivity index (χ0n) is 13.6. The van der Waals surface area contributed by atoms with Gasteiger partial charge in [-0.15, -0.1) is 0 Å². The minimum atomic E-state index is -4.08. The third kappa shape index (κ3) is 3.08. The maximum atomic E-state index is 13.3. The van der Waals surface area contributed by atoms with Crippen molar-refractivity contribution in [3.63, 3.8) is 0 Å². The van der Waals surface area contributed by atoms with Crippen molar-refractivity contribution in [1.82, 2.24) is 9.55 Å². The lowest BCUT2D eigenvalue weighted by Crippen LogP contribution is -2.13.